The van der Waals surface area contributed by atoms with Gasteiger partial charge in [-0.25, -0.2) is 0 Å². The zero-order valence-electron chi connectivity index (χ0n) is 12.8. The van der Waals surface area contributed by atoms with Crippen molar-refractivity contribution < 1.29 is 9.53 Å². The van der Waals surface area contributed by atoms with Crippen molar-refractivity contribution in [2.45, 2.75) is 46.3 Å². The van der Waals surface area contributed by atoms with Crippen molar-refractivity contribution in [3.63, 3.8) is 0 Å². The third-order valence-electron chi connectivity index (χ3n) is 3.55. The highest BCUT2D eigenvalue weighted by Crippen LogP contribution is 2.18. The molecule has 0 saturated heterocycles. The molecule has 0 aliphatic rings. The zero-order chi connectivity index (χ0) is 15.1. The Morgan fingerprint density at radius 3 is 2.55 bits per heavy atom. The Hall–Kier alpha value is -1.55. The highest BCUT2D eigenvalue weighted by molar-refractivity contribution is 5.78. The highest BCUT2D eigenvalue weighted by Gasteiger charge is 2.18. The van der Waals surface area contributed by atoms with E-state index in [-0.39, 0.29) is 24.0 Å². The first-order valence-corrected chi connectivity index (χ1v) is 7.21. The summed E-state index contributed by atoms with van der Waals surface area (Å²) in [7, 11) is 0. The number of para-hydroxylation sites is 1. The Morgan fingerprint density at radius 2 is 2.00 bits per heavy atom. The molecule has 0 aliphatic heterocycles. The van der Waals surface area contributed by atoms with Crippen LogP contribution in [0, 0.1) is 12.8 Å². The van der Waals surface area contributed by atoms with E-state index in [0.717, 1.165) is 17.7 Å². The molecule has 112 valence electrons. The van der Waals surface area contributed by atoms with Crippen LogP contribution in [0.3, 0.4) is 0 Å². The van der Waals surface area contributed by atoms with Crippen LogP contribution in [-0.4, -0.2) is 24.6 Å². The van der Waals surface area contributed by atoms with E-state index in [0.29, 0.717) is 6.54 Å². The first-order valence-electron chi connectivity index (χ1n) is 7.21. The molecule has 1 aromatic carbocycles. The molecule has 0 aromatic heterocycles. The van der Waals surface area contributed by atoms with Crippen molar-refractivity contribution >= 4 is 5.91 Å². The predicted molar refractivity (Wildman–Crippen MR) is 81.7 cm³/mol. The molecule has 1 aromatic rings. The van der Waals surface area contributed by atoms with Crippen molar-refractivity contribution in [3.8, 4) is 5.75 Å². The molecule has 4 nitrogen and oxygen atoms in total. The Bertz CT molecular complexity index is 432. The minimum absolute atomic E-state index is 0.0215. The summed E-state index contributed by atoms with van der Waals surface area (Å²) in [4.78, 5) is 11.9. The number of carbonyl (C=O) groups excluding carboxylic acids is 1. The molecule has 0 fully saturated rings. The summed E-state index contributed by atoms with van der Waals surface area (Å²) in [6.07, 6.45) is 0.807. The first-order chi connectivity index (χ1) is 9.45. The Kier molecular flexibility index (Phi) is 6.52. The summed E-state index contributed by atoms with van der Waals surface area (Å²) in [5.74, 6) is 0.659. The van der Waals surface area contributed by atoms with Crippen LogP contribution < -0.4 is 15.8 Å². The number of nitrogens with two attached hydrogens (primary N) is 1. The van der Waals surface area contributed by atoms with E-state index in [2.05, 4.69) is 5.32 Å². The van der Waals surface area contributed by atoms with Gasteiger partial charge in [0.25, 0.3) is 0 Å². The van der Waals surface area contributed by atoms with Crippen LogP contribution in [0.25, 0.3) is 0 Å². The second kappa shape index (κ2) is 7.90. The van der Waals surface area contributed by atoms with Gasteiger partial charge in [0, 0.05) is 12.0 Å². The number of ether oxygens (including phenoxy) is 1. The van der Waals surface area contributed by atoms with Crippen molar-refractivity contribution in [3.05, 3.63) is 29.8 Å². The van der Waals surface area contributed by atoms with Crippen LogP contribution in [0.2, 0.25) is 0 Å². The van der Waals surface area contributed by atoms with E-state index < -0.39 is 0 Å². The zero-order valence-corrected chi connectivity index (χ0v) is 12.8. The first kappa shape index (κ1) is 16.5. The van der Waals surface area contributed by atoms with Crippen LogP contribution in [0.15, 0.2) is 24.3 Å². The maximum Gasteiger partial charge on any atom is 0.224 e. The van der Waals surface area contributed by atoms with E-state index in [4.69, 9.17) is 10.5 Å². The minimum atomic E-state index is -0.189. The fourth-order valence-corrected chi connectivity index (χ4v) is 1.75. The normalized spacial score (nSPS) is 15.2. The van der Waals surface area contributed by atoms with Crippen LogP contribution in [0.5, 0.6) is 5.75 Å². The monoisotopic (exact) mass is 278 g/mol. The van der Waals surface area contributed by atoms with E-state index in [1.165, 1.54) is 0 Å². The van der Waals surface area contributed by atoms with Gasteiger partial charge in [-0.1, -0.05) is 32.0 Å². The molecule has 1 rings (SSSR count). The van der Waals surface area contributed by atoms with E-state index in [9.17, 15) is 4.79 Å². The molecule has 0 aliphatic carbocycles. The largest absolute Gasteiger partial charge is 0.488 e. The summed E-state index contributed by atoms with van der Waals surface area (Å²) in [6.45, 7) is 8.23. The van der Waals surface area contributed by atoms with Gasteiger partial charge in [0.2, 0.25) is 5.91 Å². The summed E-state index contributed by atoms with van der Waals surface area (Å²) >= 11 is 0. The highest BCUT2D eigenvalue weighted by atomic mass is 16.5. The van der Waals surface area contributed by atoms with Gasteiger partial charge in [-0.15, -0.1) is 0 Å². The van der Waals surface area contributed by atoms with Crippen molar-refractivity contribution in [1.29, 1.82) is 0 Å². The van der Waals surface area contributed by atoms with Gasteiger partial charge < -0.3 is 15.8 Å². The van der Waals surface area contributed by atoms with Gasteiger partial charge in [0.1, 0.15) is 11.9 Å². The van der Waals surface area contributed by atoms with Crippen LogP contribution in [-0.2, 0) is 4.79 Å². The number of carbonyl (C=O) groups is 1. The molecule has 0 saturated carbocycles. The number of hydrogen-bond acceptors (Lipinski definition) is 3. The standard InChI is InChI=1S/C16H26N2O2/c1-5-14(10-18-16(19)12(3)13(4)17)20-15-9-7-6-8-11(15)2/h6-9,12-14H,5,10,17H2,1-4H3,(H,18,19). The topological polar surface area (TPSA) is 64.4 Å². The summed E-state index contributed by atoms with van der Waals surface area (Å²) in [5, 5.41) is 2.91. The van der Waals surface area contributed by atoms with Gasteiger partial charge >= 0.3 is 0 Å². The van der Waals surface area contributed by atoms with Crippen LogP contribution >= 0.6 is 0 Å². The third kappa shape index (κ3) is 4.85. The number of nitrogens with one attached hydrogen (secondary N) is 1. The maximum absolute atomic E-state index is 11.9. The number of benzene rings is 1. The summed E-state index contributed by atoms with van der Waals surface area (Å²) < 4.78 is 5.94. The van der Waals surface area contributed by atoms with Gasteiger partial charge in [0.15, 0.2) is 0 Å². The molecule has 0 bridgehead atoms. The lowest BCUT2D eigenvalue weighted by Gasteiger charge is -2.21. The molecule has 0 spiro atoms. The second-order valence-electron chi connectivity index (χ2n) is 5.31. The fraction of sp³-hybridized carbons (Fsp3) is 0.562. The SMILES string of the molecule is CCC(CNC(=O)C(C)C(C)N)Oc1ccccc1C. The van der Waals surface area contributed by atoms with Crippen LogP contribution in [0.4, 0.5) is 0 Å². The molecule has 3 atom stereocenters. The summed E-state index contributed by atoms with van der Waals surface area (Å²) in [6, 6.07) is 7.75. The molecular formula is C16H26N2O2. The average molecular weight is 278 g/mol. The fourth-order valence-electron chi connectivity index (χ4n) is 1.75. The minimum Gasteiger partial charge on any atom is -0.488 e. The molecule has 1 amide bonds. The lowest BCUT2D eigenvalue weighted by Crippen LogP contribution is -2.42. The number of hydrogen-bond donors (Lipinski definition) is 2. The lowest BCUT2D eigenvalue weighted by molar-refractivity contribution is -0.125. The van der Waals surface area contributed by atoms with Gasteiger partial charge in [-0.2, -0.15) is 0 Å². The predicted octanol–water partition coefficient (Wildman–Crippen LogP) is 2.25. The number of rotatable bonds is 7. The van der Waals surface area contributed by atoms with Crippen molar-refractivity contribution in [2.75, 3.05) is 6.54 Å². The maximum atomic E-state index is 11.9. The molecule has 0 radical (unpaired) electrons. The van der Waals surface area contributed by atoms with E-state index in [1.54, 1.807) is 0 Å². The Labute approximate surface area is 121 Å². The molecular weight excluding hydrogens is 252 g/mol. The average Bonchev–Trinajstić information content (AvgIpc) is 2.43. The summed E-state index contributed by atoms with van der Waals surface area (Å²) in [5.41, 5.74) is 6.83. The third-order valence-corrected chi connectivity index (χ3v) is 3.55. The lowest BCUT2D eigenvalue weighted by atomic mass is 10.0. The van der Waals surface area contributed by atoms with Gasteiger partial charge in [0.05, 0.1) is 6.54 Å². The number of aryl methyl sites for hydroxylation is 1. The van der Waals surface area contributed by atoms with Crippen molar-refractivity contribution in [1.82, 2.24) is 5.32 Å². The van der Waals surface area contributed by atoms with E-state index >= 15 is 0 Å². The van der Waals surface area contributed by atoms with Crippen molar-refractivity contribution in [2.24, 2.45) is 11.7 Å². The quantitative estimate of drug-likeness (QED) is 0.804. The smallest absolute Gasteiger partial charge is 0.224 e. The Balaban J connectivity index is 2.52. The molecule has 20 heavy (non-hydrogen) atoms. The number of amides is 1. The van der Waals surface area contributed by atoms with Crippen LogP contribution in [0.1, 0.15) is 32.8 Å². The Morgan fingerprint density at radius 1 is 1.35 bits per heavy atom. The van der Waals surface area contributed by atoms with E-state index in [1.807, 2.05) is 52.0 Å². The molecule has 3 N–H and O–H groups in total. The second-order valence-corrected chi connectivity index (χ2v) is 5.31. The molecule has 3 unspecified atom stereocenters. The van der Waals surface area contributed by atoms with Gasteiger partial charge in [-0.3, -0.25) is 4.79 Å². The molecule has 4 heteroatoms. The van der Waals surface area contributed by atoms with Gasteiger partial charge in [-0.05, 0) is 31.9 Å². The molecule has 0 heterocycles.